The topological polar surface area (TPSA) is 91.6 Å². The molecule has 1 aromatic rings. The molecule has 3 N–H and O–H groups in total. The van der Waals surface area contributed by atoms with Gasteiger partial charge < -0.3 is 20.2 Å². The Balaban J connectivity index is 2.17. The smallest absolute Gasteiger partial charge is 0.286 e. The van der Waals surface area contributed by atoms with E-state index in [1.807, 2.05) is 13.8 Å². The van der Waals surface area contributed by atoms with Crippen LogP contribution in [0.2, 0.25) is 0 Å². The summed E-state index contributed by atoms with van der Waals surface area (Å²) in [5, 5.41) is 14.5. The first kappa shape index (κ1) is 16.2. The van der Waals surface area contributed by atoms with Gasteiger partial charge in [-0.15, -0.1) is 0 Å². The number of nitrogens with one attached hydrogen (secondary N) is 2. The van der Waals surface area contributed by atoms with E-state index in [2.05, 4.69) is 10.6 Å². The maximum Gasteiger partial charge on any atom is 0.286 e. The maximum atomic E-state index is 11.6. The highest BCUT2D eigenvalue weighted by Gasteiger charge is 2.14. The van der Waals surface area contributed by atoms with Crippen LogP contribution in [-0.4, -0.2) is 36.1 Å². The van der Waals surface area contributed by atoms with Crippen LogP contribution in [0.5, 0.6) is 0 Å². The second-order valence-corrected chi connectivity index (χ2v) is 4.94. The first-order valence-corrected chi connectivity index (χ1v) is 6.76. The van der Waals surface area contributed by atoms with Gasteiger partial charge in [0.05, 0.1) is 18.9 Å². The number of carbonyl (C=O) groups is 2. The predicted molar refractivity (Wildman–Crippen MR) is 74.1 cm³/mol. The summed E-state index contributed by atoms with van der Waals surface area (Å²) in [6, 6.07) is 3.00. The minimum Gasteiger partial charge on any atom is -0.459 e. The molecule has 0 fully saturated rings. The lowest BCUT2D eigenvalue weighted by Gasteiger charge is -2.19. The Labute approximate surface area is 118 Å². The van der Waals surface area contributed by atoms with E-state index in [9.17, 15) is 9.59 Å². The van der Waals surface area contributed by atoms with Gasteiger partial charge in [0, 0.05) is 13.0 Å². The molecule has 0 aliphatic heterocycles. The number of hydrogen-bond donors (Lipinski definition) is 3. The van der Waals surface area contributed by atoms with Crippen molar-refractivity contribution >= 4 is 11.8 Å². The number of aliphatic hydroxyl groups excluding tert-OH is 1. The molecule has 0 aliphatic rings. The van der Waals surface area contributed by atoms with Crippen LogP contribution >= 0.6 is 0 Å². The van der Waals surface area contributed by atoms with Gasteiger partial charge in [-0.3, -0.25) is 9.59 Å². The van der Waals surface area contributed by atoms with Crippen LogP contribution in [0.3, 0.4) is 0 Å². The Bertz CT molecular complexity index is 415. The van der Waals surface area contributed by atoms with Crippen molar-refractivity contribution in [2.24, 2.45) is 5.92 Å². The molecule has 0 radical (unpaired) electrons. The Kier molecular flexibility index (Phi) is 6.79. The van der Waals surface area contributed by atoms with Crippen molar-refractivity contribution in [1.29, 1.82) is 0 Å². The summed E-state index contributed by atoms with van der Waals surface area (Å²) in [5.41, 5.74) is 0. The highest BCUT2D eigenvalue weighted by molar-refractivity contribution is 5.91. The van der Waals surface area contributed by atoms with Gasteiger partial charge in [-0.2, -0.15) is 0 Å². The fourth-order valence-electron chi connectivity index (χ4n) is 1.65. The van der Waals surface area contributed by atoms with Crippen molar-refractivity contribution in [2.75, 3.05) is 13.2 Å². The Hall–Kier alpha value is -1.82. The summed E-state index contributed by atoms with van der Waals surface area (Å²) in [6.45, 7) is 4.20. The average molecular weight is 282 g/mol. The SMILES string of the molecule is CC(C)[C@@H](CO)NC(=O)CCCNC(=O)c1ccco1. The summed E-state index contributed by atoms with van der Waals surface area (Å²) < 4.78 is 4.95. The molecule has 1 atom stereocenters. The molecule has 0 bridgehead atoms. The fourth-order valence-corrected chi connectivity index (χ4v) is 1.65. The van der Waals surface area contributed by atoms with E-state index in [1.54, 1.807) is 12.1 Å². The molecule has 0 aliphatic carbocycles. The summed E-state index contributed by atoms with van der Waals surface area (Å²) in [6.07, 6.45) is 2.28. The van der Waals surface area contributed by atoms with Gasteiger partial charge >= 0.3 is 0 Å². The minimum absolute atomic E-state index is 0.0708. The van der Waals surface area contributed by atoms with Crippen molar-refractivity contribution in [3.05, 3.63) is 24.2 Å². The van der Waals surface area contributed by atoms with Gasteiger partial charge in [-0.05, 0) is 24.5 Å². The summed E-state index contributed by atoms with van der Waals surface area (Å²) in [7, 11) is 0. The van der Waals surface area contributed by atoms with Crippen LogP contribution in [0.25, 0.3) is 0 Å². The molecule has 6 heteroatoms. The molecule has 20 heavy (non-hydrogen) atoms. The summed E-state index contributed by atoms with van der Waals surface area (Å²) in [4.78, 5) is 23.2. The van der Waals surface area contributed by atoms with E-state index >= 15 is 0 Å². The second-order valence-electron chi connectivity index (χ2n) is 4.94. The molecule has 0 spiro atoms. The van der Waals surface area contributed by atoms with Crippen molar-refractivity contribution < 1.29 is 19.1 Å². The molecule has 0 saturated heterocycles. The summed E-state index contributed by atoms with van der Waals surface area (Å²) >= 11 is 0. The van der Waals surface area contributed by atoms with Gasteiger partial charge in [0.25, 0.3) is 5.91 Å². The lowest BCUT2D eigenvalue weighted by atomic mass is 10.1. The average Bonchev–Trinajstić information content (AvgIpc) is 2.94. The van der Waals surface area contributed by atoms with E-state index in [1.165, 1.54) is 6.26 Å². The van der Waals surface area contributed by atoms with Gasteiger partial charge in [-0.1, -0.05) is 13.8 Å². The molecule has 0 unspecified atom stereocenters. The zero-order valence-corrected chi connectivity index (χ0v) is 11.9. The van der Waals surface area contributed by atoms with Crippen molar-refractivity contribution in [3.63, 3.8) is 0 Å². The van der Waals surface area contributed by atoms with Crippen molar-refractivity contribution in [2.45, 2.75) is 32.7 Å². The van der Waals surface area contributed by atoms with Crippen LogP contribution in [-0.2, 0) is 4.79 Å². The summed E-state index contributed by atoms with van der Waals surface area (Å²) in [5.74, 6) is 0.0352. The Morgan fingerprint density at radius 3 is 2.70 bits per heavy atom. The molecule has 112 valence electrons. The molecule has 1 rings (SSSR count). The minimum atomic E-state index is -0.286. The van der Waals surface area contributed by atoms with Crippen LogP contribution < -0.4 is 10.6 Å². The first-order chi connectivity index (χ1) is 9.54. The molecule has 6 nitrogen and oxygen atoms in total. The maximum absolute atomic E-state index is 11.6. The van der Waals surface area contributed by atoms with Gasteiger partial charge in [-0.25, -0.2) is 0 Å². The lowest BCUT2D eigenvalue weighted by molar-refractivity contribution is -0.122. The number of aliphatic hydroxyl groups is 1. The Morgan fingerprint density at radius 2 is 2.15 bits per heavy atom. The fraction of sp³-hybridized carbons (Fsp3) is 0.571. The highest BCUT2D eigenvalue weighted by atomic mass is 16.3. The number of furan rings is 1. The molecule has 1 aromatic heterocycles. The molecule has 2 amide bonds. The first-order valence-electron chi connectivity index (χ1n) is 6.76. The number of hydrogen-bond acceptors (Lipinski definition) is 4. The third-order valence-corrected chi connectivity index (χ3v) is 2.96. The van der Waals surface area contributed by atoms with Gasteiger partial charge in [0.2, 0.25) is 5.91 Å². The molecule has 0 aromatic carbocycles. The van der Waals surface area contributed by atoms with E-state index in [4.69, 9.17) is 9.52 Å². The zero-order chi connectivity index (χ0) is 15.0. The predicted octanol–water partition coefficient (Wildman–Crippen LogP) is 0.923. The van der Waals surface area contributed by atoms with Crippen LogP contribution in [0, 0.1) is 5.92 Å². The monoisotopic (exact) mass is 282 g/mol. The normalized spacial score (nSPS) is 12.2. The number of rotatable bonds is 8. The molecule has 0 saturated carbocycles. The quantitative estimate of drug-likeness (QED) is 0.618. The third-order valence-electron chi connectivity index (χ3n) is 2.96. The van der Waals surface area contributed by atoms with E-state index in [0.717, 1.165) is 0 Å². The van der Waals surface area contributed by atoms with Crippen LogP contribution in [0.15, 0.2) is 22.8 Å². The number of carbonyl (C=O) groups excluding carboxylic acids is 2. The van der Waals surface area contributed by atoms with Crippen molar-refractivity contribution in [3.8, 4) is 0 Å². The highest BCUT2D eigenvalue weighted by Crippen LogP contribution is 2.02. The van der Waals surface area contributed by atoms with Gasteiger partial charge in [0.15, 0.2) is 5.76 Å². The van der Waals surface area contributed by atoms with Crippen LogP contribution in [0.4, 0.5) is 0 Å². The molecule has 1 heterocycles. The van der Waals surface area contributed by atoms with E-state index < -0.39 is 0 Å². The van der Waals surface area contributed by atoms with E-state index in [0.29, 0.717) is 19.4 Å². The second kappa shape index (κ2) is 8.37. The zero-order valence-electron chi connectivity index (χ0n) is 11.9. The Morgan fingerprint density at radius 1 is 1.40 bits per heavy atom. The van der Waals surface area contributed by atoms with Crippen LogP contribution in [0.1, 0.15) is 37.2 Å². The number of amides is 2. The molecular formula is C14H22N2O4. The van der Waals surface area contributed by atoms with Crippen molar-refractivity contribution in [1.82, 2.24) is 10.6 Å². The molecular weight excluding hydrogens is 260 g/mol. The third kappa shape index (κ3) is 5.44. The van der Waals surface area contributed by atoms with E-state index in [-0.39, 0.29) is 36.1 Å². The van der Waals surface area contributed by atoms with Gasteiger partial charge in [0.1, 0.15) is 0 Å². The largest absolute Gasteiger partial charge is 0.459 e. The lowest BCUT2D eigenvalue weighted by Crippen LogP contribution is -2.41. The standard InChI is InChI=1S/C14H22N2O4/c1-10(2)11(9-17)16-13(18)6-3-7-15-14(19)12-5-4-8-20-12/h4-5,8,10-11,17H,3,6-7,9H2,1-2H3,(H,15,19)(H,16,18)/t11-/m1/s1.